The second kappa shape index (κ2) is 7.84. The van der Waals surface area contributed by atoms with Crippen LogP contribution in [-0.2, 0) is 9.59 Å². The molecule has 1 aliphatic carbocycles. The maximum Gasteiger partial charge on any atom is 0.223 e. The molecule has 1 fully saturated rings. The standard InChI is InChI=1S/C16H20Cl2N2O2/c1-11(21)20(13-6-7-14(17)15(18)10-13)9-8-16(22)19-12-4-2-3-5-12/h6-7,10,12H,2-5,8-9H2,1H3,(H,19,22). The first-order chi connectivity index (χ1) is 10.5. The number of benzene rings is 1. The third-order valence-corrected chi connectivity index (χ3v) is 4.62. The van der Waals surface area contributed by atoms with Crippen molar-refractivity contribution in [3.63, 3.8) is 0 Å². The molecule has 6 heteroatoms. The van der Waals surface area contributed by atoms with Gasteiger partial charge < -0.3 is 10.2 Å². The molecule has 0 heterocycles. The summed E-state index contributed by atoms with van der Waals surface area (Å²) >= 11 is 11.9. The number of carbonyl (C=O) groups is 2. The van der Waals surface area contributed by atoms with Crippen molar-refractivity contribution in [2.75, 3.05) is 11.4 Å². The molecule has 4 nitrogen and oxygen atoms in total. The van der Waals surface area contributed by atoms with E-state index < -0.39 is 0 Å². The average molecular weight is 343 g/mol. The number of anilines is 1. The Bertz CT molecular complexity index is 557. The lowest BCUT2D eigenvalue weighted by Crippen LogP contribution is -2.37. The van der Waals surface area contributed by atoms with Gasteiger partial charge in [-0.25, -0.2) is 0 Å². The normalized spacial score (nSPS) is 14.9. The summed E-state index contributed by atoms with van der Waals surface area (Å²) in [5.74, 6) is -0.148. The molecule has 0 bridgehead atoms. The molecular formula is C16H20Cl2N2O2. The average Bonchev–Trinajstić information content (AvgIpc) is 2.95. The van der Waals surface area contributed by atoms with Gasteiger partial charge in [-0.1, -0.05) is 36.0 Å². The van der Waals surface area contributed by atoms with Gasteiger partial charge >= 0.3 is 0 Å². The summed E-state index contributed by atoms with van der Waals surface area (Å²) in [5.41, 5.74) is 0.649. The minimum Gasteiger partial charge on any atom is -0.353 e. The zero-order chi connectivity index (χ0) is 16.1. The number of nitrogens with zero attached hydrogens (tertiary/aromatic N) is 1. The molecule has 1 N–H and O–H groups in total. The van der Waals surface area contributed by atoms with Gasteiger partial charge in [0, 0.05) is 31.6 Å². The SMILES string of the molecule is CC(=O)N(CCC(=O)NC1CCCC1)c1ccc(Cl)c(Cl)c1. The van der Waals surface area contributed by atoms with Crippen molar-refractivity contribution in [3.8, 4) is 0 Å². The highest BCUT2D eigenvalue weighted by molar-refractivity contribution is 6.42. The number of amides is 2. The van der Waals surface area contributed by atoms with E-state index in [4.69, 9.17) is 23.2 Å². The molecule has 0 radical (unpaired) electrons. The minimum absolute atomic E-state index is 0.0155. The molecular weight excluding hydrogens is 323 g/mol. The van der Waals surface area contributed by atoms with Crippen LogP contribution in [0.3, 0.4) is 0 Å². The number of hydrogen-bond donors (Lipinski definition) is 1. The van der Waals surface area contributed by atoms with Gasteiger partial charge in [0.2, 0.25) is 11.8 Å². The first kappa shape index (κ1) is 17.1. The Kier molecular flexibility index (Phi) is 6.09. The Morgan fingerprint density at radius 2 is 1.91 bits per heavy atom. The third-order valence-electron chi connectivity index (χ3n) is 3.88. The maximum atomic E-state index is 12.0. The van der Waals surface area contributed by atoms with Crippen LogP contribution in [0.5, 0.6) is 0 Å². The highest BCUT2D eigenvalue weighted by Gasteiger charge is 2.19. The van der Waals surface area contributed by atoms with Crippen molar-refractivity contribution in [1.29, 1.82) is 0 Å². The van der Waals surface area contributed by atoms with Crippen molar-refractivity contribution in [3.05, 3.63) is 28.2 Å². The molecule has 0 aliphatic heterocycles. The van der Waals surface area contributed by atoms with Crippen LogP contribution in [-0.4, -0.2) is 24.4 Å². The van der Waals surface area contributed by atoms with E-state index in [2.05, 4.69) is 5.32 Å². The minimum atomic E-state index is -0.132. The molecule has 2 rings (SSSR count). The van der Waals surface area contributed by atoms with Crippen LogP contribution in [0.2, 0.25) is 10.0 Å². The first-order valence-corrected chi connectivity index (χ1v) is 8.25. The summed E-state index contributed by atoms with van der Waals surface area (Å²) in [6.07, 6.45) is 4.72. The molecule has 1 aromatic carbocycles. The molecule has 0 aromatic heterocycles. The topological polar surface area (TPSA) is 49.4 Å². The fraction of sp³-hybridized carbons (Fsp3) is 0.500. The Morgan fingerprint density at radius 1 is 1.23 bits per heavy atom. The van der Waals surface area contributed by atoms with E-state index in [9.17, 15) is 9.59 Å². The summed E-state index contributed by atoms with van der Waals surface area (Å²) < 4.78 is 0. The van der Waals surface area contributed by atoms with Crippen molar-refractivity contribution in [2.24, 2.45) is 0 Å². The van der Waals surface area contributed by atoms with E-state index in [-0.39, 0.29) is 18.2 Å². The predicted octanol–water partition coefficient (Wildman–Crippen LogP) is 3.80. The molecule has 0 atom stereocenters. The Morgan fingerprint density at radius 3 is 2.50 bits per heavy atom. The van der Waals surface area contributed by atoms with Gasteiger partial charge in [-0.05, 0) is 31.0 Å². The number of nitrogens with one attached hydrogen (secondary N) is 1. The largest absolute Gasteiger partial charge is 0.353 e. The molecule has 22 heavy (non-hydrogen) atoms. The van der Waals surface area contributed by atoms with E-state index in [1.807, 2.05) is 0 Å². The fourth-order valence-electron chi connectivity index (χ4n) is 2.70. The lowest BCUT2D eigenvalue weighted by Gasteiger charge is -2.22. The summed E-state index contributed by atoms with van der Waals surface area (Å²) in [6.45, 7) is 1.79. The summed E-state index contributed by atoms with van der Waals surface area (Å²) in [5, 5.41) is 3.85. The van der Waals surface area contributed by atoms with E-state index in [0.717, 1.165) is 12.8 Å². The van der Waals surface area contributed by atoms with Crippen LogP contribution in [0, 0.1) is 0 Å². The van der Waals surface area contributed by atoms with Crippen LogP contribution in [0.15, 0.2) is 18.2 Å². The van der Waals surface area contributed by atoms with E-state index in [0.29, 0.717) is 28.3 Å². The van der Waals surface area contributed by atoms with Gasteiger partial charge in [0.15, 0.2) is 0 Å². The number of halogens is 2. The molecule has 120 valence electrons. The quantitative estimate of drug-likeness (QED) is 0.884. The smallest absolute Gasteiger partial charge is 0.223 e. The summed E-state index contributed by atoms with van der Waals surface area (Å²) in [7, 11) is 0. The van der Waals surface area contributed by atoms with Gasteiger partial charge in [0.25, 0.3) is 0 Å². The van der Waals surface area contributed by atoms with Crippen molar-refractivity contribution in [2.45, 2.75) is 45.1 Å². The molecule has 1 aromatic rings. The molecule has 1 aliphatic rings. The van der Waals surface area contributed by atoms with Crippen LogP contribution in [0.25, 0.3) is 0 Å². The maximum absolute atomic E-state index is 12.0. The van der Waals surface area contributed by atoms with Crippen molar-refractivity contribution in [1.82, 2.24) is 5.32 Å². The molecule has 0 spiro atoms. The van der Waals surface area contributed by atoms with Crippen molar-refractivity contribution < 1.29 is 9.59 Å². The van der Waals surface area contributed by atoms with Gasteiger partial charge in [-0.2, -0.15) is 0 Å². The number of carbonyl (C=O) groups excluding carboxylic acids is 2. The highest BCUT2D eigenvalue weighted by atomic mass is 35.5. The zero-order valence-corrected chi connectivity index (χ0v) is 14.1. The lowest BCUT2D eigenvalue weighted by molar-refractivity contribution is -0.121. The first-order valence-electron chi connectivity index (χ1n) is 7.50. The summed E-state index contributed by atoms with van der Waals surface area (Å²) in [6, 6.07) is 5.31. The van der Waals surface area contributed by atoms with E-state index >= 15 is 0 Å². The highest BCUT2D eigenvalue weighted by Crippen LogP contribution is 2.27. The van der Waals surface area contributed by atoms with Crippen molar-refractivity contribution >= 4 is 40.7 Å². The molecule has 0 saturated heterocycles. The number of rotatable bonds is 5. The summed E-state index contributed by atoms with van der Waals surface area (Å²) in [4.78, 5) is 25.3. The van der Waals surface area contributed by atoms with Crippen LogP contribution >= 0.6 is 23.2 Å². The third kappa shape index (κ3) is 4.62. The predicted molar refractivity (Wildman–Crippen MR) is 89.5 cm³/mol. The second-order valence-electron chi connectivity index (χ2n) is 5.57. The lowest BCUT2D eigenvalue weighted by atomic mass is 10.2. The van der Waals surface area contributed by atoms with Gasteiger partial charge in [-0.15, -0.1) is 0 Å². The Hall–Kier alpha value is -1.26. The van der Waals surface area contributed by atoms with Gasteiger partial charge in [0.1, 0.15) is 0 Å². The molecule has 2 amide bonds. The number of hydrogen-bond acceptors (Lipinski definition) is 2. The monoisotopic (exact) mass is 342 g/mol. The van der Waals surface area contributed by atoms with Crippen LogP contribution in [0.4, 0.5) is 5.69 Å². The van der Waals surface area contributed by atoms with Gasteiger partial charge in [0.05, 0.1) is 10.0 Å². The van der Waals surface area contributed by atoms with Crippen LogP contribution < -0.4 is 10.2 Å². The zero-order valence-electron chi connectivity index (χ0n) is 12.6. The Balaban J connectivity index is 1.95. The van der Waals surface area contributed by atoms with E-state index in [1.165, 1.54) is 24.7 Å². The van der Waals surface area contributed by atoms with Crippen LogP contribution in [0.1, 0.15) is 39.0 Å². The second-order valence-corrected chi connectivity index (χ2v) is 6.38. The van der Waals surface area contributed by atoms with E-state index in [1.54, 1.807) is 18.2 Å². The Labute approximate surface area is 140 Å². The fourth-order valence-corrected chi connectivity index (χ4v) is 3.00. The molecule has 0 unspecified atom stereocenters. The molecule has 1 saturated carbocycles. The van der Waals surface area contributed by atoms with Gasteiger partial charge in [-0.3, -0.25) is 9.59 Å².